The van der Waals surface area contributed by atoms with E-state index in [1.165, 1.54) is 5.56 Å². The minimum Gasteiger partial charge on any atom is -0.480 e. The predicted molar refractivity (Wildman–Crippen MR) is 123 cm³/mol. The highest BCUT2D eigenvalue weighted by Gasteiger charge is 2.45. The van der Waals surface area contributed by atoms with E-state index >= 15 is 0 Å². The third-order valence-corrected chi connectivity index (χ3v) is 5.67. The van der Waals surface area contributed by atoms with Gasteiger partial charge in [0.25, 0.3) is 0 Å². The summed E-state index contributed by atoms with van der Waals surface area (Å²) in [5, 5.41) is 0. The first-order chi connectivity index (χ1) is 15.8. The van der Waals surface area contributed by atoms with Gasteiger partial charge in [-0.3, -0.25) is 9.97 Å². The Bertz CT molecular complexity index is 1030. The number of aromatic nitrogens is 4. The van der Waals surface area contributed by atoms with Gasteiger partial charge in [0, 0.05) is 30.1 Å². The van der Waals surface area contributed by atoms with E-state index in [0.29, 0.717) is 11.8 Å². The fourth-order valence-electron chi connectivity index (χ4n) is 4.06. The molecule has 5 rings (SSSR count). The molecule has 4 aromatic rings. The van der Waals surface area contributed by atoms with Crippen LogP contribution in [0.2, 0.25) is 0 Å². The van der Waals surface area contributed by atoms with Crippen molar-refractivity contribution in [1.29, 1.82) is 0 Å². The average molecular weight is 427 g/mol. The second-order valence-corrected chi connectivity index (χ2v) is 7.51. The SMILES string of the molecule is COc1cncc(C2C[C@H](c3cncc(OC)n3)C2c2ccccc2)n1.c1ccccc1. The van der Waals surface area contributed by atoms with Crippen LogP contribution in [0.1, 0.15) is 41.1 Å². The highest BCUT2D eigenvalue weighted by atomic mass is 16.5. The monoisotopic (exact) mass is 426 g/mol. The molecule has 1 aliphatic rings. The van der Waals surface area contributed by atoms with Crippen LogP contribution in [-0.4, -0.2) is 34.2 Å². The van der Waals surface area contributed by atoms with Crippen LogP contribution in [0.25, 0.3) is 0 Å². The summed E-state index contributed by atoms with van der Waals surface area (Å²) < 4.78 is 10.5. The topological polar surface area (TPSA) is 70.0 Å². The molecule has 0 bridgehead atoms. The number of nitrogens with zero attached hydrogens (tertiary/aromatic N) is 4. The zero-order chi connectivity index (χ0) is 22.2. The van der Waals surface area contributed by atoms with Gasteiger partial charge in [-0.2, -0.15) is 0 Å². The molecule has 1 saturated carbocycles. The summed E-state index contributed by atoms with van der Waals surface area (Å²) in [6.07, 6.45) is 7.85. The Kier molecular flexibility index (Phi) is 7.02. The molecule has 6 heteroatoms. The van der Waals surface area contributed by atoms with Crippen LogP contribution >= 0.6 is 0 Å². The Hall–Kier alpha value is -3.80. The van der Waals surface area contributed by atoms with Gasteiger partial charge in [0.15, 0.2) is 0 Å². The Morgan fingerprint density at radius 1 is 0.625 bits per heavy atom. The lowest BCUT2D eigenvalue weighted by Crippen LogP contribution is -2.32. The van der Waals surface area contributed by atoms with Crippen molar-refractivity contribution in [2.24, 2.45) is 0 Å². The molecule has 2 aromatic heterocycles. The molecule has 0 amide bonds. The van der Waals surface area contributed by atoms with Gasteiger partial charge >= 0.3 is 0 Å². The lowest BCUT2D eigenvalue weighted by Gasteiger charge is -2.44. The number of hydrogen-bond donors (Lipinski definition) is 0. The van der Waals surface area contributed by atoms with Crippen LogP contribution < -0.4 is 9.47 Å². The molecular weight excluding hydrogens is 400 g/mol. The lowest BCUT2D eigenvalue weighted by molar-refractivity contribution is 0.268. The molecule has 1 aliphatic carbocycles. The van der Waals surface area contributed by atoms with Crippen LogP contribution in [0.15, 0.2) is 91.5 Å². The van der Waals surface area contributed by atoms with Crippen LogP contribution in [-0.2, 0) is 0 Å². The van der Waals surface area contributed by atoms with Crippen molar-refractivity contribution in [1.82, 2.24) is 19.9 Å². The summed E-state index contributed by atoms with van der Waals surface area (Å²) in [4.78, 5) is 17.8. The number of ether oxygens (including phenoxy) is 2. The molecular formula is C26H26N4O2. The number of benzene rings is 2. The van der Waals surface area contributed by atoms with Gasteiger partial charge in [-0.05, 0) is 12.0 Å². The van der Waals surface area contributed by atoms with Crippen molar-refractivity contribution in [2.75, 3.05) is 14.2 Å². The van der Waals surface area contributed by atoms with Crippen molar-refractivity contribution in [3.8, 4) is 11.8 Å². The molecule has 32 heavy (non-hydrogen) atoms. The van der Waals surface area contributed by atoms with Crippen molar-refractivity contribution in [2.45, 2.75) is 24.2 Å². The zero-order valence-electron chi connectivity index (χ0n) is 18.2. The maximum Gasteiger partial charge on any atom is 0.232 e. The fourth-order valence-corrected chi connectivity index (χ4v) is 4.06. The molecule has 0 spiro atoms. The van der Waals surface area contributed by atoms with Gasteiger partial charge in [0.2, 0.25) is 11.8 Å². The quantitative estimate of drug-likeness (QED) is 0.446. The molecule has 0 N–H and O–H groups in total. The van der Waals surface area contributed by atoms with Gasteiger partial charge in [0.05, 0.1) is 38.0 Å². The maximum absolute atomic E-state index is 5.24. The number of methoxy groups -OCH3 is 2. The van der Waals surface area contributed by atoms with E-state index in [-0.39, 0.29) is 17.8 Å². The molecule has 0 aliphatic heterocycles. The molecule has 0 saturated heterocycles. The smallest absolute Gasteiger partial charge is 0.232 e. The molecule has 2 unspecified atom stereocenters. The summed E-state index contributed by atoms with van der Waals surface area (Å²) in [7, 11) is 3.22. The van der Waals surface area contributed by atoms with Gasteiger partial charge in [0.1, 0.15) is 0 Å². The van der Waals surface area contributed by atoms with E-state index < -0.39 is 0 Å². The third kappa shape index (κ3) is 4.91. The minimum atomic E-state index is 0.262. The van der Waals surface area contributed by atoms with Crippen molar-refractivity contribution >= 4 is 0 Å². The molecule has 2 heterocycles. The Labute approximate surface area is 188 Å². The fraction of sp³-hybridized carbons (Fsp3) is 0.231. The first-order valence-electron chi connectivity index (χ1n) is 10.6. The van der Waals surface area contributed by atoms with Gasteiger partial charge in [-0.25, -0.2) is 9.97 Å². The van der Waals surface area contributed by atoms with Gasteiger partial charge in [-0.1, -0.05) is 66.7 Å². The first-order valence-corrected chi connectivity index (χ1v) is 10.6. The number of hydrogen-bond acceptors (Lipinski definition) is 6. The van der Waals surface area contributed by atoms with E-state index in [9.17, 15) is 0 Å². The Morgan fingerprint density at radius 3 is 1.50 bits per heavy atom. The summed E-state index contributed by atoms with van der Waals surface area (Å²) in [5.74, 6) is 1.87. The molecule has 2 aromatic carbocycles. The van der Waals surface area contributed by atoms with Gasteiger partial charge < -0.3 is 9.47 Å². The standard InChI is InChI=1S/C20H20N4O2.C6H6/c1-25-18-11-21-9-16(23-18)14-8-15(17-10-22-12-19(24-17)26-2)20(14)13-6-4-3-5-7-13;1-2-4-6-5-3-1/h3-7,9-12,14-15,20H,8H2,1-2H3;1-6H/t14-,15?,20?;/m1./s1. The van der Waals surface area contributed by atoms with E-state index in [1.807, 2.05) is 54.9 Å². The zero-order valence-corrected chi connectivity index (χ0v) is 18.2. The second kappa shape index (κ2) is 10.5. The normalized spacial score (nSPS) is 19.1. The van der Waals surface area contributed by atoms with Crippen molar-refractivity contribution in [3.63, 3.8) is 0 Å². The van der Waals surface area contributed by atoms with Crippen molar-refractivity contribution < 1.29 is 9.47 Å². The van der Waals surface area contributed by atoms with Crippen LogP contribution in [0.3, 0.4) is 0 Å². The second-order valence-electron chi connectivity index (χ2n) is 7.51. The van der Waals surface area contributed by atoms with Crippen LogP contribution in [0, 0.1) is 0 Å². The van der Waals surface area contributed by atoms with Crippen LogP contribution in [0.5, 0.6) is 11.8 Å². The minimum absolute atomic E-state index is 0.262. The largest absolute Gasteiger partial charge is 0.480 e. The van der Waals surface area contributed by atoms with Crippen LogP contribution in [0.4, 0.5) is 0 Å². The molecule has 1 fully saturated rings. The molecule has 0 radical (unpaired) electrons. The van der Waals surface area contributed by atoms with E-state index in [0.717, 1.165) is 17.8 Å². The first kappa shape index (κ1) is 21.4. The van der Waals surface area contributed by atoms with E-state index in [2.05, 4.69) is 44.2 Å². The number of rotatable bonds is 5. The van der Waals surface area contributed by atoms with Crippen molar-refractivity contribution in [3.05, 3.63) is 108 Å². The maximum atomic E-state index is 5.24. The molecule has 162 valence electrons. The molecule has 3 atom stereocenters. The van der Waals surface area contributed by atoms with Gasteiger partial charge in [-0.15, -0.1) is 0 Å². The average Bonchev–Trinajstić information content (AvgIpc) is 2.86. The summed E-state index contributed by atoms with van der Waals surface area (Å²) >= 11 is 0. The summed E-state index contributed by atoms with van der Waals surface area (Å²) in [6.45, 7) is 0. The Balaban J connectivity index is 0.000000354. The highest BCUT2D eigenvalue weighted by molar-refractivity contribution is 5.36. The van der Waals surface area contributed by atoms with E-state index in [4.69, 9.17) is 9.47 Å². The van der Waals surface area contributed by atoms with E-state index in [1.54, 1.807) is 26.6 Å². The summed E-state index contributed by atoms with van der Waals surface area (Å²) in [5.41, 5.74) is 3.17. The predicted octanol–water partition coefficient (Wildman–Crippen LogP) is 5.03. The molecule has 6 nitrogen and oxygen atoms in total. The third-order valence-electron chi connectivity index (χ3n) is 5.67. The Morgan fingerprint density at radius 2 is 1.06 bits per heavy atom. The summed E-state index contributed by atoms with van der Waals surface area (Å²) in [6, 6.07) is 22.5. The highest BCUT2D eigenvalue weighted by Crippen LogP contribution is 2.57. The lowest BCUT2D eigenvalue weighted by atomic mass is 9.59.